The molecule has 0 atom stereocenters. The van der Waals surface area contributed by atoms with Gasteiger partial charge in [0.2, 0.25) is 0 Å². The summed E-state index contributed by atoms with van der Waals surface area (Å²) < 4.78 is 0. The maximum atomic E-state index is 11.1. The van der Waals surface area contributed by atoms with Gasteiger partial charge in [-0.2, -0.15) is 21.0 Å². The Labute approximate surface area is 402 Å². The second-order valence-corrected chi connectivity index (χ2v) is 18.3. The van der Waals surface area contributed by atoms with E-state index in [9.17, 15) is 21.0 Å². The summed E-state index contributed by atoms with van der Waals surface area (Å²) in [5.41, 5.74) is 17.5. The van der Waals surface area contributed by atoms with Crippen molar-refractivity contribution in [3.05, 3.63) is 216 Å². The topological polar surface area (TPSA) is 95.2 Å². The van der Waals surface area contributed by atoms with Gasteiger partial charge >= 0.3 is 0 Å². The molecule has 0 radical (unpaired) electrons. The van der Waals surface area contributed by atoms with Gasteiger partial charge < -0.3 is 0 Å². The van der Waals surface area contributed by atoms with Gasteiger partial charge in [-0.1, -0.05) is 133 Å². The van der Waals surface area contributed by atoms with Gasteiger partial charge in [0.1, 0.15) is 0 Å². The molecular weight excluding hydrogens is 849 g/mol. The zero-order chi connectivity index (χ0) is 46.8. The lowest BCUT2D eigenvalue weighted by atomic mass is 9.80. The normalized spacial score (nSPS) is 11.7. The Morgan fingerprint density at radius 2 is 0.571 bits per heavy atom. The second kappa shape index (κ2) is 14.7. The molecule has 0 aliphatic heterocycles. The molecule has 70 heavy (non-hydrogen) atoms. The average molecular weight is 881 g/mol. The minimum absolute atomic E-state index is 0.414. The van der Waals surface area contributed by atoms with Gasteiger partial charge in [-0.15, -0.1) is 0 Å². The minimum Gasteiger partial charge on any atom is -0.192 e. The van der Waals surface area contributed by atoms with Crippen LogP contribution >= 0.6 is 0 Å². The first-order valence-corrected chi connectivity index (χ1v) is 23.2. The fourth-order valence-corrected chi connectivity index (χ4v) is 11.9. The van der Waals surface area contributed by atoms with Gasteiger partial charge in [0, 0.05) is 11.1 Å². The molecule has 12 aromatic rings. The van der Waals surface area contributed by atoms with Crippen molar-refractivity contribution in [3.8, 4) is 113 Å². The summed E-state index contributed by atoms with van der Waals surface area (Å²) in [7, 11) is 0. The molecule has 14 rings (SSSR count). The standard InChI is InChI=1S/C66H32N4/c67-33-37-23-43(35-69)65(49(25-37)39-11-3-1-4-12-39)61-31-57-56-28-52-46-20-8-16-42-18-10-22-48(64(42)46)54(52)30-60(56)62(66-44(36-70)24-38(34-68)26-50(66)40-13-5-2-6-14-40)32-58(57)55-27-51-45-19-7-15-41-17-9-21-47(63(41)45)53(51)29-59(55)61/h1-32H. The minimum atomic E-state index is 0.414. The zero-order valence-corrected chi connectivity index (χ0v) is 37.3. The second-order valence-electron chi connectivity index (χ2n) is 18.3. The van der Waals surface area contributed by atoms with E-state index < -0.39 is 0 Å². The van der Waals surface area contributed by atoms with E-state index in [1.54, 1.807) is 12.1 Å². The lowest BCUT2D eigenvalue weighted by Gasteiger charge is -2.22. The van der Waals surface area contributed by atoms with Crippen molar-refractivity contribution in [1.82, 2.24) is 0 Å². The van der Waals surface area contributed by atoms with E-state index in [-0.39, 0.29) is 0 Å². The van der Waals surface area contributed by atoms with Crippen molar-refractivity contribution in [2.24, 2.45) is 0 Å². The first-order valence-electron chi connectivity index (χ1n) is 23.2. The van der Waals surface area contributed by atoms with Crippen LogP contribution < -0.4 is 0 Å². The predicted molar refractivity (Wildman–Crippen MR) is 283 cm³/mol. The van der Waals surface area contributed by atoms with E-state index in [0.717, 1.165) is 110 Å². The van der Waals surface area contributed by atoms with Crippen LogP contribution in [-0.4, -0.2) is 0 Å². The molecule has 0 saturated heterocycles. The molecule has 0 heterocycles. The highest BCUT2D eigenvalue weighted by atomic mass is 14.3. The van der Waals surface area contributed by atoms with Crippen molar-refractivity contribution in [2.45, 2.75) is 0 Å². The molecule has 2 aliphatic carbocycles. The predicted octanol–water partition coefficient (Wildman–Crippen LogP) is 16.9. The molecule has 0 N–H and O–H groups in total. The molecule has 0 aromatic heterocycles. The Balaban J connectivity index is 1.22. The van der Waals surface area contributed by atoms with Crippen LogP contribution in [0.4, 0.5) is 0 Å². The molecule has 0 saturated carbocycles. The van der Waals surface area contributed by atoms with Crippen molar-refractivity contribution < 1.29 is 0 Å². The molecule has 0 bridgehead atoms. The maximum Gasteiger partial charge on any atom is 0.0998 e. The Kier molecular flexibility index (Phi) is 8.21. The van der Waals surface area contributed by atoms with Crippen molar-refractivity contribution in [1.29, 1.82) is 21.0 Å². The molecule has 0 spiro atoms. The lowest BCUT2D eigenvalue weighted by Crippen LogP contribution is -1.97. The quantitative estimate of drug-likeness (QED) is 0.165. The molecular formula is C66H32N4. The van der Waals surface area contributed by atoms with Crippen LogP contribution in [0.15, 0.2) is 194 Å². The number of fused-ring (bicyclic) bond motifs is 11. The largest absolute Gasteiger partial charge is 0.192 e. The molecule has 0 fully saturated rings. The van der Waals surface area contributed by atoms with E-state index in [1.807, 2.05) is 72.8 Å². The zero-order valence-electron chi connectivity index (χ0n) is 37.3. The number of hydrogen-bond donors (Lipinski definition) is 0. The van der Waals surface area contributed by atoms with Crippen LogP contribution in [0.3, 0.4) is 0 Å². The van der Waals surface area contributed by atoms with Crippen LogP contribution in [0.2, 0.25) is 0 Å². The average Bonchev–Trinajstić information content (AvgIpc) is 3.91. The van der Waals surface area contributed by atoms with E-state index in [0.29, 0.717) is 22.3 Å². The Morgan fingerprint density at radius 1 is 0.243 bits per heavy atom. The molecule has 0 unspecified atom stereocenters. The van der Waals surface area contributed by atoms with Crippen LogP contribution in [-0.2, 0) is 0 Å². The summed E-state index contributed by atoms with van der Waals surface area (Å²) in [4.78, 5) is 0. The summed E-state index contributed by atoms with van der Waals surface area (Å²) in [5, 5.41) is 53.6. The van der Waals surface area contributed by atoms with Crippen molar-refractivity contribution in [3.63, 3.8) is 0 Å². The first kappa shape index (κ1) is 39.1. The number of rotatable bonds is 4. The third-order valence-electron chi connectivity index (χ3n) is 14.8. The van der Waals surface area contributed by atoms with Gasteiger partial charge in [-0.25, -0.2) is 0 Å². The van der Waals surface area contributed by atoms with Gasteiger partial charge in [0.25, 0.3) is 0 Å². The lowest BCUT2D eigenvalue weighted by molar-refractivity contribution is 1.44. The van der Waals surface area contributed by atoms with Gasteiger partial charge in [0.05, 0.1) is 46.5 Å². The Bertz CT molecular complexity index is 4250. The van der Waals surface area contributed by atoms with Gasteiger partial charge in [-0.3, -0.25) is 0 Å². The third-order valence-corrected chi connectivity index (χ3v) is 14.8. The summed E-state index contributed by atoms with van der Waals surface area (Å²) in [5.74, 6) is 0. The Hall–Kier alpha value is -10.1. The number of benzene rings is 12. The van der Waals surface area contributed by atoms with Crippen LogP contribution in [0.5, 0.6) is 0 Å². The van der Waals surface area contributed by atoms with Crippen molar-refractivity contribution in [2.75, 3.05) is 0 Å². The SMILES string of the molecule is N#Cc1cc(C#N)c(-c2cc3c4cc5c(cc4c(-c4c(C#N)cc(C#N)cc4-c4ccccc4)cc3c3cc4c(cc23)-c2cccc3cccc-4c23)-c2cccc3cccc-5c23)c(-c2ccccc2)c1. The number of hydrogen-bond acceptors (Lipinski definition) is 4. The molecule has 0 amide bonds. The monoisotopic (exact) mass is 880 g/mol. The maximum absolute atomic E-state index is 11.1. The fraction of sp³-hybridized carbons (Fsp3) is 0. The third kappa shape index (κ3) is 5.42. The molecule has 316 valence electrons. The van der Waals surface area contributed by atoms with Crippen LogP contribution in [0, 0.1) is 45.3 Å². The first-order chi connectivity index (χ1) is 34.5. The fourth-order valence-electron chi connectivity index (χ4n) is 11.9. The summed E-state index contributed by atoms with van der Waals surface area (Å²) in [6.45, 7) is 0. The van der Waals surface area contributed by atoms with Crippen LogP contribution in [0.1, 0.15) is 22.3 Å². The summed E-state index contributed by atoms with van der Waals surface area (Å²) >= 11 is 0. The molecule has 2 aliphatic rings. The van der Waals surface area contributed by atoms with E-state index >= 15 is 0 Å². The number of nitrogens with zero attached hydrogens (tertiary/aromatic N) is 4. The van der Waals surface area contributed by atoms with Crippen LogP contribution in [0.25, 0.3) is 143 Å². The summed E-state index contributed by atoms with van der Waals surface area (Å²) in [6.07, 6.45) is 0. The highest BCUT2D eigenvalue weighted by Crippen LogP contribution is 2.55. The molecule has 12 aromatic carbocycles. The van der Waals surface area contributed by atoms with Gasteiger partial charge in [-0.05, 0) is 192 Å². The van der Waals surface area contributed by atoms with E-state index in [2.05, 4.69) is 133 Å². The van der Waals surface area contributed by atoms with E-state index in [1.165, 1.54) is 32.7 Å². The Morgan fingerprint density at radius 3 is 0.914 bits per heavy atom. The smallest absolute Gasteiger partial charge is 0.0998 e. The summed E-state index contributed by atoms with van der Waals surface area (Å²) in [6, 6.07) is 76.9. The van der Waals surface area contributed by atoms with E-state index in [4.69, 9.17) is 0 Å². The van der Waals surface area contributed by atoms with Gasteiger partial charge in [0.15, 0.2) is 0 Å². The molecule has 4 heteroatoms. The highest BCUT2D eigenvalue weighted by Gasteiger charge is 2.29. The molecule has 4 nitrogen and oxygen atoms in total. The number of nitriles is 4. The van der Waals surface area contributed by atoms with Crippen molar-refractivity contribution >= 4 is 53.9 Å². The highest BCUT2D eigenvalue weighted by molar-refractivity contribution is 6.30.